The molecule has 4 aromatic rings. The molecule has 0 spiro atoms. The smallest absolute Gasteiger partial charge is 0.408 e. The molecule has 8 bridgehead atoms. The van der Waals surface area contributed by atoms with Crippen LogP contribution in [0.4, 0.5) is 4.79 Å². The molecule has 7 heterocycles. The van der Waals surface area contributed by atoms with Crippen LogP contribution >= 0.6 is 57.1 Å². The molecule has 3 aliphatic rings. The first-order chi connectivity index (χ1) is 46.1. The van der Waals surface area contributed by atoms with Crippen molar-refractivity contribution in [2.45, 2.75) is 249 Å². The van der Waals surface area contributed by atoms with Crippen molar-refractivity contribution in [3.63, 3.8) is 0 Å². The van der Waals surface area contributed by atoms with E-state index in [1.165, 1.54) is 54.9 Å². The topological polar surface area (TPSA) is 355 Å². The zero-order valence-corrected chi connectivity index (χ0v) is 67.5. The summed E-state index contributed by atoms with van der Waals surface area (Å²) >= 11 is 5.52. The maximum atomic E-state index is 15.7. The summed E-state index contributed by atoms with van der Waals surface area (Å²) in [5, 5.41) is 49.3. The van der Waals surface area contributed by atoms with E-state index in [1.54, 1.807) is 26.2 Å². The number of methoxy groups -OCH3 is 1. The van der Waals surface area contributed by atoms with Crippen LogP contribution in [-0.2, 0) is 42.7 Å². The number of aliphatic imine (C=N–C) groups is 2. The summed E-state index contributed by atoms with van der Waals surface area (Å²) < 4.78 is 31.1. The number of aromatic nitrogens is 4. The van der Waals surface area contributed by atoms with Gasteiger partial charge in [-0.2, -0.15) is 0 Å². The molecule has 3 aliphatic heterocycles. The van der Waals surface area contributed by atoms with Crippen LogP contribution in [0, 0.1) is 0 Å². The van der Waals surface area contributed by atoms with Crippen molar-refractivity contribution >= 4 is 134 Å². The Morgan fingerprint density at radius 3 is 1.94 bits per heavy atom. The molecular weight excluding hydrogens is 1420 g/mol. The quantitative estimate of drug-likeness (QED) is 0.0218. The van der Waals surface area contributed by atoms with Gasteiger partial charge in [0.15, 0.2) is 30.6 Å². The number of hydrogen-bond acceptors (Lipinski definition) is 25. The van der Waals surface area contributed by atoms with Crippen LogP contribution in [0.2, 0.25) is 54.4 Å². The fourth-order valence-corrected chi connectivity index (χ4v) is 21.9. The highest BCUT2D eigenvalue weighted by Gasteiger charge is 2.52. The number of alkyl carbamates (subject to hydrolysis) is 1. The summed E-state index contributed by atoms with van der Waals surface area (Å²) in [6.07, 6.45) is -3.33. The maximum absolute atomic E-state index is 15.7. The Morgan fingerprint density at radius 2 is 1.33 bits per heavy atom. The predicted molar refractivity (Wildman–Crippen MR) is 396 cm³/mol. The van der Waals surface area contributed by atoms with E-state index in [9.17, 15) is 29.4 Å². The highest BCUT2D eigenvalue weighted by molar-refractivity contribution is 8.14. The molecule has 0 unspecified atom stereocenters. The highest BCUT2D eigenvalue weighted by atomic mass is 32.2. The minimum Gasteiger partial charge on any atom is -0.464 e. The third kappa shape index (κ3) is 18.5. The van der Waals surface area contributed by atoms with Crippen molar-refractivity contribution in [3.8, 4) is 0 Å². The first-order valence-corrected chi connectivity index (χ1v) is 46.2. The van der Waals surface area contributed by atoms with Crippen molar-refractivity contribution in [3.05, 3.63) is 77.0 Å². The molecule has 0 radical (unpaired) electrons. The van der Waals surface area contributed by atoms with Gasteiger partial charge in [-0.25, -0.2) is 29.5 Å². The number of hydrogen-bond donors (Lipinski definition) is 8. The molecule has 0 aliphatic carbocycles. The number of nitrogens with zero attached hydrogens (tertiary/aromatic N) is 6. The largest absolute Gasteiger partial charge is 0.464 e. The van der Waals surface area contributed by atoms with E-state index >= 15 is 14.4 Å². The fraction of sp³-hybridized carbons (Fsp3) is 0.646. The summed E-state index contributed by atoms with van der Waals surface area (Å²) in [4.78, 5) is 131. The SMILES string of the molecule is C=CCOC(=O)N[C@@H](C)C(=O)N[C@]12CCC(c3nc(C(=O)OC)cs3)=N[C@@H]1c1csc(n1)[C@H]([C@@H](C)O)NC(=O)c1csc(n1)[C@H]([C@](C)(O)[C@@H](C)O[Si](C)(C)C(C)(C)C)NC(=O)[C@H]1CSC(=N1)[C@H]([C@@H](C)O[Si](CC)(CC)CC)NC(=O)[C@H]([C@@H](C)O[Si](C)(C)C(C)(C)C)NC(=O)c1csc2n1. The Bertz CT molecular complexity index is 3640. The Kier molecular flexibility index (Phi) is 26.5. The zero-order chi connectivity index (χ0) is 73.7. The Morgan fingerprint density at radius 1 is 0.737 bits per heavy atom. The first-order valence-electron chi connectivity index (χ1n) is 33.3. The van der Waals surface area contributed by atoms with E-state index in [-0.39, 0.29) is 73.1 Å². The molecule has 0 fully saturated rings. The van der Waals surface area contributed by atoms with E-state index in [2.05, 4.69) is 119 Å². The van der Waals surface area contributed by atoms with Gasteiger partial charge in [-0.05, 0) is 109 Å². The van der Waals surface area contributed by atoms with E-state index in [1.807, 2.05) is 20.0 Å². The minimum absolute atomic E-state index is 0.00620. The Labute approximate surface area is 604 Å². The lowest BCUT2D eigenvalue weighted by atomic mass is 9.80. The summed E-state index contributed by atoms with van der Waals surface area (Å²) in [7, 11) is -6.53. The molecule has 6 amide bonds. The van der Waals surface area contributed by atoms with Gasteiger partial charge in [0.1, 0.15) is 91.5 Å². The third-order valence-corrected chi connectivity index (χ3v) is 38.5. The predicted octanol–water partition coefficient (Wildman–Crippen LogP) is 10.0. The normalized spacial score (nSPS) is 23.8. The van der Waals surface area contributed by atoms with E-state index < -0.39 is 144 Å². The number of nitrogens with one attached hydrogen (secondary N) is 6. The number of fused-ring (bicyclic) bond motifs is 10. The number of aliphatic hydroxyl groups is 2. The van der Waals surface area contributed by atoms with Gasteiger partial charge in [-0.3, -0.25) is 34.0 Å². The van der Waals surface area contributed by atoms with Gasteiger partial charge < -0.3 is 64.9 Å². The van der Waals surface area contributed by atoms with E-state index in [4.69, 9.17) is 47.7 Å². The van der Waals surface area contributed by atoms with Crippen molar-refractivity contribution in [2.75, 3.05) is 19.5 Å². The lowest BCUT2D eigenvalue weighted by Gasteiger charge is -2.44. The first kappa shape index (κ1) is 80.8. The van der Waals surface area contributed by atoms with Crippen LogP contribution in [0.25, 0.3) is 0 Å². The van der Waals surface area contributed by atoms with Gasteiger partial charge in [-0.1, -0.05) is 75.0 Å². The number of amides is 6. The summed E-state index contributed by atoms with van der Waals surface area (Å²) in [5.41, 5.74) is -3.24. The monoisotopic (exact) mass is 1520 g/mol. The zero-order valence-electron chi connectivity index (χ0n) is 60.4. The molecule has 0 saturated carbocycles. The van der Waals surface area contributed by atoms with Crippen molar-refractivity contribution in [1.82, 2.24) is 51.8 Å². The van der Waals surface area contributed by atoms with Gasteiger partial charge in [-0.15, -0.1) is 57.1 Å². The number of aliphatic hydroxyl groups excluding tert-OH is 1. The van der Waals surface area contributed by atoms with Crippen LogP contribution < -0.4 is 31.9 Å². The Hall–Kier alpha value is -5.51. The molecule has 8 N–H and O–H groups in total. The third-order valence-electron chi connectivity index (χ3n) is 19.7. The van der Waals surface area contributed by atoms with Crippen molar-refractivity contribution < 1.29 is 66.5 Å². The van der Waals surface area contributed by atoms with Gasteiger partial charge >= 0.3 is 12.1 Å². The molecule has 34 heteroatoms. The number of thioether (sulfide) groups is 1. The number of esters is 1. The molecule has 546 valence electrons. The summed E-state index contributed by atoms with van der Waals surface area (Å²) in [5.74, 6) is -4.02. The van der Waals surface area contributed by atoms with Gasteiger partial charge in [0.05, 0.1) is 48.0 Å². The van der Waals surface area contributed by atoms with Gasteiger partial charge in [0.25, 0.3) is 11.8 Å². The van der Waals surface area contributed by atoms with E-state index in [0.717, 1.165) is 63.5 Å². The van der Waals surface area contributed by atoms with Crippen LogP contribution in [0.1, 0.15) is 192 Å². The van der Waals surface area contributed by atoms with Crippen molar-refractivity contribution in [2.24, 2.45) is 9.98 Å². The second-order valence-electron chi connectivity index (χ2n) is 28.7. The van der Waals surface area contributed by atoms with Crippen LogP contribution in [-0.4, -0.2) is 181 Å². The lowest BCUT2D eigenvalue weighted by Crippen LogP contribution is -2.60. The number of carbonyl (C=O) groups excluding carboxylic acids is 7. The molecule has 13 atom stereocenters. The maximum Gasteiger partial charge on any atom is 0.408 e. The highest BCUT2D eigenvalue weighted by Crippen LogP contribution is 2.48. The number of rotatable bonds is 21. The van der Waals surface area contributed by atoms with Crippen LogP contribution in [0.15, 0.2) is 44.2 Å². The number of thiazole rings is 4. The van der Waals surface area contributed by atoms with Gasteiger partial charge in [0.2, 0.25) is 17.7 Å². The van der Waals surface area contributed by atoms with Crippen LogP contribution in [0.5, 0.6) is 0 Å². The average molecular weight is 1520 g/mol. The fourth-order valence-electron chi connectivity index (χ4n) is 11.1. The molecule has 4 aromatic heterocycles. The van der Waals surface area contributed by atoms with Crippen molar-refractivity contribution in [1.29, 1.82) is 0 Å². The van der Waals surface area contributed by atoms with E-state index in [0.29, 0.717) is 15.8 Å². The number of ether oxygens (including phenoxy) is 2. The minimum atomic E-state index is -2.72. The Balaban J connectivity index is 1.47. The van der Waals surface area contributed by atoms with Gasteiger partial charge in [0, 0.05) is 27.3 Å². The molecule has 26 nitrogen and oxygen atoms in total. The van der Waals surface area contributed by atoms with Crippen LogP contribution in [0.3, 0.4) is 0 Å². The second kappa shape index (κ2) is 32.4. The molecular formula is C65H100N12O14S5Si3. The lowest BCUT2D eigenvalue weighted by molar-refractivity contribution is -0.128. The molecule has 7 rings (SSSR count). The molecule has 99 heavy (non-hydrogen) atoms. The second-order valence-corrected chi connectivity index (χ2v) is 47.5. The average Bonchev–Trinajstić information content (AvgIpc) is 1.62. The number of carbonyl (C=O) groups is 7. The summed E-state index contributed by atoms with van der Waals surface area (Å²) in [6, 6.07) is -6.14. The molecule has 0 saturated heterocycles. The summed E-state index contributed by atoms with van der Waals surface area (Å²) in [6.45, 7) is 40.2. The standard InChI is InChI=1S/C65H100N12O14S5Si3/c1-22-28-88-61(85)66-34(5)50(79)77-65-27-26-39(55-71-44(33-92-55)59(84)87-17)67-48(65)40-29-93-56(68-40)45(35(6)78)73-51(80)41-31-95-58(70-41)49(64(16,86)38(9)91-98(20,21)63(13,14)15)76-53(82)42-30-94-57(69-42)47(37(8)90-99(23-2,24-3)25-4)75-54(83)46(36(7)89-97(18,19)62(10,11)12)74-52(81)43-32-96-60(65)72-43/h22,29,31-38,42,45-49,78,86H,1,23-28,30H2,2-21H3,(H,66,85)(H,73,80)(H,74,81)(H,75,83)(H,76,82)(H,77,79)/t34-,35+,36+,37+,38+,42+,45-,46-,47-,48+,49+,64+,65+/m0/s1. The molecule has 0 aromatic carbocycles.